The summed E-state index contributed by atoms with van der Waals surface area (Å²) in [5.74, 6) is 0.0512. The van der Waals surface area contributed by atoms with E-state index in [2.05, 4.69) is 47.8 Å². The lowest BCUT2D eigenvalue weighted by Crippen LogP contribution is -1.87. The van der Waals surface area contributed by atoms with Crippen molar-refractivity contribution in [2.75, 3.05) is 0 Å². The first-order chi connectivity index (χ1) is 17.5. The number of rotatable bonds is 5. The zero-order valence-corrected chi connectivity index (χ0v) is 21.2. The van der Waals surface area contributed by atoms with Gasteiger partial charge in [-0.3, -0.25) is 0 Å². The predicted molar refractivity (Wildman–Crippen MR) is 148 cm³/mol. The molecule has 0 saturated heterocycles. The van der Waals surface area contributed by atoms with E-state index in [0.717, 1.165) is 36.2 Å². The van der Waals surface area contributed by atoms with E-state index in [9.17, 15) is 0 Å². The highest BCUT2D eigenvalue weighted by atomic mass is 32.1. The molecular formula is C30H18N4S2. The van der Waals surface area contributed by atoms with Gasteiger partial charge < -0.3 is 0 Å². The highest BCUT2D eigenvalue weighted by Gasteiger charge is 2.19. The SMILES string of the molecule is [C-]#[N+]C(=Cc1ccc(-c2sc(-c3ccc(C=C(C#N)C#N)cc3)cc2-c2c(C)cccc2C)s1)[N+]#[C-]. The molecule has 170 valence electrons. The van der Waals surface area contributed by atoms with Crippen molar-refractivity contribution in [3.8, 4) is 43.5 Å². The summed E-state index contributed by atoms with van der Waals surface area (Å²) in [6.07, 6.45) is 3.21. The summed E-state index contributed by atoms with van der Waals surface area (Å²) in [5.41, 5.74) is 6.67. The molecule has 0 N–H and O–H groups in total. The maximum absolute atomic E-state index is 9.02. The molecule has 0 radical (unpaired) electrons. The second-order valence-electron chi connectivity index (χ2n) is 7.95. The summed E-state index contributed by atoms with van der Waals surface area (Å²) in [7, 11) is 0. The van der Waals surface area contributed by atoms with Crippen molar-refractivity contribution in [3.63, 3.8) is 0 Å². The van der Waals surface area contributed by atoms with E-state index < -0.39 is 0 Å². The maximum Gasteiger partial charge on any atom is 0.520 e. The van der Waals surface area contributed by atoms with Gasteiger partial charge in [-0.05, 0) is 65.9 Å². The highest BCUT2D eigenvalue weighted by Crippen LogP contribution is 2.47. The fraction of sp³-hybridized carbons (Fsp3) is 0.0667. The third kappa shape index (κ3) is 5.02. The van der Waals surface area contributed by atoms with Crippen molar-refractivity contribution in [1.29, 1.82) is 10.5 Å². The molecule has 0 spiro atoms. The van der Waals surface area contributed by atoms with Gasteiger partial charge in [-0.2, -0.15) is 20.2 Å². The summed E-state index contributed by atoms with van der Waals surface area (Å²) in [4.78, 5) is 10.8. The number of nitrogens with zero attached hydrogens (tertiary/aromatic N) is 4. The zero-order valence-electron chi connectivity index (χ0n) is 19.5. The lowest BCUT2D eigenvalue weighted by molar-refractivity contribution is 1.39. The Morgan fingerprint density at radius 3 is 2.11 bits per heavy atom. The first-order valence-electron chi connectivity index (χ1n) is 10.9. The molecule has 0 aliphatic carbocycles. The Hall–Kier alpha value is -4.72. The van der Waals surface area contributed by atoms with Gasteiger partial charge in [0.05, 0.1) is 4.88 Å². The topological polar surface area (TPSA) is 56.3 Å². The molecule has 36 heavy (non-hydrogen) atoms. The fourth-order valence-corrected chi connectivity index (χ4v) is 6.14. The van der Waals surface area contributed by atoms with Crippen LogP contribution in [0.1, 0.15) is 21.6 Å². The van der Waals surface area contributed by atoms with Crippen molar-refractivity contribution >= 4 is 34.8 Å². The van der Waals surface area contributed by atoms with Gasteiger partial charge in [-0.1, -0.05) is 42.5 Å². The van der Waals surface area contributed by atoms with Crippen molar-refractivity contribution in [2.45, 2.75) is 13.8 Å². The van der Waals surface area contributed by atoms with Crippen LogP contribution >= 0.6 is 22.7 Å². The molecule has 0 aliphatic rings. The van der Waals surface area contributed by atoms with E-state index in [1.54, 1.807) is 34.8 Å². The van der Waals surface area contributed by atoms with Gasteiger partial charge >= 0.3 is 5.82 Å². The van der Waals surface area contributed by atoms with Crippen LogP contribution in [0, 0.1) is 49.7 Å². The van der Waals surface area contributed by atoms with Crippen LogP contribution in [0.5, 0.6) is 0 Å². The molecule has 0 saturated carbocycles. The summed E-state index contributed by atoms with van der Waals surface area (Å²) in [6, 6.07) is 24.1. The Kier molecular flexibility index (Phi) is 7.25. The number of hydrogen-bond donors (Lipinski definition) is 0. The minimum Gasteiger partial charge on any atom is -0.192 e. The number of aryl methyl sites for hydroxylation is 2. The van der Waals surface area contributed by atoms with Gasteiger partial charge in [-0.15, -0.1) is 22.7 Å². The molecule has 0 amide bonds. The van der Waals surface area contributed by atoms with Gasteiger partial charge in [0, 0.05) is 26.3 Å². The second-order valence-corrected chi connectivity index (χ2v) is 10.1. The monoisotopic (exact) mass is 498 g/mol. The van der Waals surface area contributed by atoms with E-state index in [0.29, 0.717) is 0 Å². The molecule has 4 aromatic rings. The van der Waals surface area contributed by atoms with Gasteiger partial charge in [0.25, 0.3) is 0 Å². The summed E-state index contributed by atoms with van der Waals surface area (Å²) >= 11 is 3.27. The number of hydrogen-bond acceptors (Lipinski definition) is 4. The molecular weight excluding hydrogens is 480 g/mol. The molecule has 2 heterocycles. The lowest BCUT2D eigenvalue weighted by Gasteiger charge is -2.10. The van der Waals surface area contributed by atoms with Gasteiger partial charge in [0.15, 0.2) is 0 Å². The minimum absolute atomic E-state index is 0.0512. The van der Waals surface area contributed by atoms with Crippen LogP contribution in [0.3, 0.4) is 0 Å². The smallest absolute Gasteiger partial charge is 0.192 e. The number of allylic oxidation sites excluding steroid dienone is 1. The third-order valence-corrected chi connectivity index (χ3v) is 7.98. The van der Waals surface area contributed by atoms with E-state index in [-0.39, 0.29) is 11.4 Å². The maximum atomic E-state index is 9.02. The molecule has 0 unspecified atom stereocenters. The van der Waals surface area contributed by atoms with Crippen LogP contribution in [0.25, 0.3) is 53.2 Å². The quantitative estimate of drug-likeness (QED) is 0.204. The van der Waals surface area contributed by atoms with Gasteiger partial charge in [0.1, 0.15) is 30.9 Å². The first kappa shape index (κ1) is 24.4. The van der Waals surface area contributed by atoms with Crippen LogP contribution in [-0.2, 0) is 0 Å². The molecule has 0 atom stereocenters. The van der Waals surface area contributed by atoms with Crippen LogP contribution in [-0.4, -0.2) is 0 Å². The molecule has 2 aromatic heterocycles. The molecule has 0 aliphatic heterocycles. The Morgan fingerprint density at radius 2 is 1.50 bits per heavy atom. The number of nitriles is 2. The van der Waals surface area contributed by atoms with Crippen LogP contribution in [0.15, 0.2) is 72.1 Å². The van der Waals surface area contributed by atoms with E-state index in [1.165, 1.54) is 16.7 Å². The molecule has 6 heteroatoms. The standard InChI is InChI=1S/C30H18N4S2/c1-19-6-5-7-20(2)29(19)25-16-27(23-10-8-21(9-11-23)14-22(17-31)18-32)36-30(25)26-13-12-24(35-26)15-28(33-3)34-4/h5-16H,1-2H3. The molecule has 0 fully saturated rings. The lowest BCUT2D eigenvalue weighted by atomic mass is 9.95. The number of thiophene rings is 2. The van der Waals surface area contributed by atoms with Crippen LogP contribution in [0.2, 0.25) is 0 Å². The van der Waals surface area contributed by atoms with Crippen molar-refractivity contribution in [2.24, 2.45) is 0 Å². The average molecular weight is 499 g/mol. The highest BCUT2D eigenvalue weighted by molar-refractivity contribution is 7.24. The van der Waals surface area contributed by atoms with E-state index >= 15 is 0 Å². The molecule has 4 rings (SSSR count). The van der Waals surface area contributed by atoms with Gasteiger partial charge in [0.2, 0.25) is 0 Å². The van der Waals surface area contributed by atoms with E-state index in [4.69, 9.17) is 23.7 Å². The Morgan fingerprint density at radius 1 is 0.833 bits per heavy atom. The van der Waals surface area contributed by atoms with Gasteiger partial charge in [-0.25, -0.2) is 0 Å². The van der Waals surface area contributed by atoms with Crippen molar-refractivity contribution < 1.29 is 0 Å². The van der Waals surface area contributed by atoms with Crippen molar-refractivity contribution in [3.05, 3.63) is 116 Å². The summed E-state index contributed by atoms with van der Waals surface area (Å²) in [6.45, 7) is 18.6. The Bertz CT molecular complexity index is 1630. The minimum atomic E-state index is 0.0512. The van der Waals surface area contributed by atoms with Crippen LogP contribution < -0.4 is 0 Å². The average Bonchev–Trinajstić information content (AvgIpc) is 3.53. The zero-order chi connectivity index (χ0) is 25.7. The normalized spacial score (nSPS) is 9.83. The fourth-order valence-electron chi connectivity index (χ4n) is 3.91. The molecule has 2 aromatic carbocycles. The molecule has 4 nitrogen and oxygen atoms in total. The first-order valence-corrected chi connectivity index (χ1v) is 12.5. The van der Waals surface area contributed by atoms with E-state index in [1.807, 2.05) is 48.5 Å². The Balaban J connectivity index is 1.84. The van der Waals surface area contributed by atoms with Crippen LogP contribution in [0.4, 0.5) is 0 Å². The summed E-state index contributed by atoms with van der Waals surface area (Å²) in [5, 5.41) is 18.0. The predicted octanol–water partition coefficient (Wildman–Crippen LogP) is 8.99. The Labute approximate surface area is 218 Å². The number of benzene rings is 2. The largest absolute Gasteiger partial charge is 0.520 e. The van der Waals surface area contributed by atoms with Crippen molar-refractivity contribution in [1.82, 2.24) is 0 Å². The third-order valence-electron chi connectivity index (χ3n) is 5.58. The second kappa shape index (κ2) is 10.7. The molecule has 0 bridgehead atoms. The summed E-state index contributed by atoms with van der Waals surface area (Å²) < 4.78 is 0.